The SMILES string of the molecule is CC(C)c1ccc(C(O)C(O)C#N)cc1. The zero-order valence-corrected chi connectivity index (χ0v) is 8.88. The van der Waals surface area contributed by atoms with Crippen LogP contribution in [0.25, 0.3) is 0 Å². The molecule has 0 bridgehead atoms. The molecule has 0 amide bonds. The lowest BCUT2D eigenvalue weighted by Gasteiger charge is -2.13. The van der Waals surface area contributed by atoms with Crippen molar-refractivity contribution in [2.75, 3.05) is 0 Å². The molecule has 0 fully saturated rings. The highest BCUT2D eigenvalue weighted by Gasteiger charge is 2.17. The maximum Gasteiger partial charge on any atom is 0.170 e. The van der Waals surface area contributed by atoms with E-state index in [1.165, 1.54) is 0 Å². The largest absolute Gasteiger partial charge is 0.385 e. The Morgan fingerprint density at radius 2 is 1.53 bits per heavy atom. The molecule has 0 saturated heterocycles. The summed E-state index contributed by atoms with van der Waals surface area (Å²) in [5.41, 5.74) is 1.73. The Balaban J connectivity index is 2.85. The molecule has 2 N–H and O–H groups in total. The van der Waals surface area contributed by atoms with Gasteiger partial charge < -0.3 is 10.2 Å². The molecule has 1 aromatic rings. The summed E-state index contributed by atoms with van der Waals surface area (Å²) < 4.78 is 0. The van der Waals surface area contributed by atoms with Crippen LogP contribution in [0.1, 0.15) is 37.0 Å². The number of aliphatic hydroxyl groups excluding tert-OH is 2. The van der Waals surface area contributed by atoms with E-state index in [2.05, 4.69) is 13.8 Å². The number of rotatable bonds is 3. The highest BCUT2D eigenvalue weighted by Crippen LogP contribution is 2.20. The first-order valence-electron chi connectivity index (χ1n) is 4.92. The fourth-order valence-corrected chi connectivity index (χ4v) is 1.33. The normalized spacial score (nSPS) is 14.7. The van der Waals surface area contributed by atoms with Crippen molar-refractivity contribution in [1.29, 1.82) is 5.26 Å². The quantitative estimate of drug-likeness (QED) is 0.738. The lowest BCUT2D eigenvalue weighted by Crippen LogP contribution is -2.15. The molecule has 0 heterocycles. The summed E-state index contributed by atoms with van der Waals surface area (Å²) >= 11 is 0. The Kier molecular flexibility index (Phi) is 3.84. The Labute approximate surface area is 89.6 Å². The molecular formula is C12H15NO2. The van der Waals surface area contributed by atoms with Gasteiger partial charge in [-0.1, -0.05) is 38.1 Å². The minimum absolute atomic E-state index is 0.428. The van der Waals surface area contributed by atoms with Crippen LogP contribution in [0.3, 0.4) is 0 Å². The van der Waals surface area contributed by atoms with Gasteiger partial charge in [0.1, 0.15) is 6.10 Å². The summed E-state index contributed by atoms with van der Waals surface area (Å²) in [5, 5.41) is 27.1. The van der Waals surface area contributed by atoms with Gasteiger partial charge in [0, 0.05) is 0 Å². The summed E-state index contributed by atoms with van der Waals surface area (Å²) in [6, 6.07) is 8.87. The molecule has 0 aliphatic rings. The summed E-state index contributed by atoms with van der Waals surface area (Å²) in [5.74, 6) is 0.428. The van der Waals surface area contributed by atoms with Gasteiger partial charge in [-0.25, -0.2) is 0 Å². The lowest BCUT2D eigenvalue weighted by molar-refractivity contribution is 0.0528. The van der Waals surface area contributed by atoms with Crippen molar-refractivity contribution in [3.05, 3.63) is 35.4 Å². The molecule has 15 heavy (non-hydrogen) atoms. The third-order valence-electron chi connectivity index (χ3n) is 2.38. The van der Waals surface area contributed by atoms with Crippen LogP contribution >= 0.6 is 0 Å². The minimum Gasteiger partial charge on any atom is -0.385 e. The van der Waals surface area contributed by atoms with Crippen molar-refractivity contribution in [3.8, 4) is 6.07 Å². The third kappa shape index (κ3) is 2.79. The van der Waals surface area contributed by atoms with E-state index in [0.29, 0.717) is 11.5 Å². The molecule has 0 aromatic heterocycles. The van der Waals surface area contributed by atoms with Crippen molar-refractivity contribution in [2.45, 2.75) is 32.0 Å². The Morgan fingerprint density at radius 3 is 1.93 bits per heavy atom. The van der Waals surface area contributed by atoms with E-state index in [9.17, 15) is 5.11 Å². The summed E-state index contributed by atoms with van der Waals surface area (Å²) in [6.07, 6.45) is -2.49. The molecule has 1 rings (SSSR count). The standard InChI is InChI=1S/C12H15NO2/c1-8(2)9-3-5-10(6-4-9)12(15)11(14)7-13/h3-6,8,11-12,14-15H,1-2H3. The number of nitriles is 1. The Hall–Kier alpha value is -1.37. The highest BCUT2D eigenvalue weighted by atomic mass is 16.3. The van der Waals surface area contributed by atoms with Crippen LogP contribution in [-0.4, -0.2) is 16.3 Å². The number of hydrogen-bond acceptors (Lipinski definition) is 3. The van der Waals surface area contributed by atoms with Crippen molar-refractivity contribution < 1.29 is 10.2 Å². The van der Waals surface area contributed by atoms with E-state index in [0.717, 1.165) is 5.56 Å². The van der Waals surface area contributed by atoms with Gasteiger partial charge in [-0.2, -0.15) is 5.26 Å². The molecule has 2 atom stereocenters. The van der Waals surface area contributed by atoms with Crippen LogP contribution in [0.2, 0.25) is 0 Å². The van der Waals surface area contributed by atoms with Gasteiger partial charge in [0.15, 0.2) is 6.10 Å². The number of aliphatic hydroxyl groups is 2. The first kappa shape index (κ1) is 11.7. The van der Waals surface area contributed by atoms with Gasteiger partial charge in [-0.3, -0.25) is 0 Å². The number of nitrogens with zero attached hydrogens (tertiary/aromatic N) is 1. The number of benzene rings is 1. The predicted molar refractivity (Wildman–Crippen MR) is 57.1 cm³/mol. The minimum atomic E-state index is -1.37. The molecule has 3 nitrogen and oxygen atoms in total. The van der Waals surface area contributed by atoms with Crippen molar-refractivity contribution >= 4 is 0 Å². The topological polar surface area (TPSA) is 64.2 Å². The second-order valence-corrected chi connectivity index (χ2v) is 3.84. The van der Waals surface area contributed by atoms with Crippen LogP contribution < -0.4 is 0 Å². The zero-order valence-electron chi connectivity index (χ0n) is 8.88. The molecule has 0 spiro atoms. The second-order valence-electron chi connectivity index (χ2n) is 3.84. The third-order valence-corrected chi connectivity index (χ3v) is 2.38. The molecule has 2 unspecified atom stereocenters. The van der Waals surface area contributed by atoms with E-state index >= 15 is 0 Å². The van der Waals surface area contributed by atoms with Gasteiger partial charge in [0.05, 0.1) is 6.07 Å². The first-order valence-corrected chi connectivity index (χ1v) is 4.92. The maximum absolute atomic E-state index is 9.55. The number of hydrogen-bond donors (Lipinski definition) is 2. The Morgan fingerprint density at radius 1 is 1.07 bits per heavy atom. The predicted octanol–water partition coefficient (Wildman–Crippen LogP) is 1.73. The van der Waals surface area contributed by atoms with Crippen LogP contribution in [0.5, 0.6) is 0 Å². The molecule has 1 aromatic carbocycles. The summed E-state index contributed by atoms with van der Waals surface area (Å²) in [7, 11) is 0. The Bertz CT molecular complexity index is 351. The van der Waals surface area contributed by atoms with Gasteiger partial charge >= 0.3 is 0 Å². The van der Waals surface area contributed by atoms with E-state index in [4.69, 9.17) is 10.4 Å². The lowest BCUT2D eigenvalue weighted by atomic mass is 9.98. The van der Waals surface area contributed by atoms with Crippen LogP contribution in [-0.2, 0) is 0 Å². The molecule has 0 radical (unpaired) electrons. The second kappa shape index (κ2) is 4.92. The maximum atomic E-state index is 9.55. The van der Waals surface area contributed by atoms with Crippen LogP contribution in [0.15, 0.2) is 24.3 Å². The molecule has 0 aliphatic carbocycles. The fraction of sp³-hybridized carbons (Fsp3) is 0.417. The first-order chi connectivity index (χ1) is 7.06. The van der Waals surface area contributed by atoms with Crippen molar-refractivity contribution in [1.82, 2.24) is 0 Å². The van der Waals surface area contributed by atoms with E-state index < -0.39 is 12.2 Å². The smallest absolute Gasteiger partial charge is 0.170 e. The molecule has 0 aliphatic heterocycles. The van der Waals surface area contributed by atoms with Gasteiger partial charge in [0.2, 0.25) is 0 Å². The van der Waals surface area contributed by atoms with Gasteiger partial charge in [0.25, 0.3) is 0 Å². The van der Waals surface area contributed by atoms with Crippen molar-refractivity contribution in [2.24, 2.45) is 0 Å². The average molecular weight is 205 g/mol. The molecule has 0 saturated carbocycles. The van der Waals surface area contributed by atoms with E-state index in [1.54, 1.807) is 18.2 Å². The van der Waals surface area contributed by atoms with E-state index in [-0.39, 0.29) is 0 Å². The average Bonchev–Trinajstić information content (AvgIpc) is 2.27. The monoisotopic (exact) mass is 205 g/mol. The van der Waals surface area contributed by atoms with Crippen LogP contribution in [0, 0.1) is 11.3 Å². The summed E-state index contributed by atoms with van der Waals surface area (Å²) in [6.45, 7) is 4.16. The van der Waals surface area contributed by atoms with E-state index in [1.807, 2.05) is 12.1 Å². The fourth-order valence-electron chi connectivity index (χ4n) is 1.33. The van der Waals surface area contributed by atoms with Crippen LogP contribution in [0.4, 0.5) is 0 Å². The van der Waals surface area contributed by atoms with Gasteiger partial charge in [-0.15, -0.1) is 0 Å². The molecule has 80 valence electrons. The molecule has 3 heteroatoms. The summed E-state index contributed by atoms with van der Waals surface area (Å²) in [4.78, 5) is 0. The van der Waals surface area contributed by atoms with Crippen molar-refractivity contribution in [3.63, 3.8) is 0 Å². The highest BCUT2D eigenvalue weighted by molar-refractivity contribution is 5.27. The van der Waals surface area contributed by atoms with Gasteiger partial charge in [-0.05, 0) is 17.0 Å². The molecular weight excluding hydrogens is 190 g/mol. The zero-order chi connectivity index (χ0) is 11.4.